The Labute approximate surface area is 122 Å². The van der Waals surface area contributed by atoms with Crippen LogP contribution in [0.5, 0.6) is 5.75 Å². The van der Waals surface area contributed by atoms with Gasteiger partial charge < -0.3 is 10.1 Å². The number of amides is 1. The number of anilines is 1. The smallest absolute Gasteiger partial charge is 0.269 e. The Morgan fingerprint density at radius 3 is 2.75 bits per heavy atom. The second-order valence-electron chi connectivity index (χ2n) is 5.45. The fourth-order valence-corrected chi connectivity index (χ4v) is 2.48. The number of hydrogen-bond donors (Lipinski definition) is 1. The van der Waals surface area contributed by atoms with Crippen molar-refractivity contribution in [3.8, 4) is 5.75 Å². The Morgan fingerprint density at radius 2 is 2.10 bits per heavy atom. The second kappa shape index (κ2) is 5.63. The Kier molecular flexibility index (Phi) is 4.09. The monoisotopic (exact) mass is 290 g/mol. The van der Waals surface area contributed by atoms with Gasteiger partial charge in [-0.3, -0.25) is 9.78 Å². The van der Waals surface area contributed by atoms with Gasteiger partial charge in [0.05, 0.1) is 7.11 Å². The quantitative estimate of drug-likeness (QED) is 0.937. The van der Waals surface area contributed by atoms with Crippen LogP contribution in [0.1, 0.15) is 36.1 Å². The molecule has 0 aliphatic heterocycles. The first-order valence-corrected chi connectivity index (χ1v) is 7.19. The number of pyridine rings is 1. The number of rotatable bonds is 3. The van der Waals surface area contributed by atoms with E-state index in [4.69, 9.17) is 4.74 Å². The van der Waals surface area contributed by atoms with E-state index in [2.05, 4.69) is 31.1 Å². The minimum Gasteiger partial charge on any atom is -0.495 e. The first-order valence-electron chi connectivity index (χ1n) is 6.31. The van der Waals surface area contributed by atoms with Crippen LogP contribution in [0.25, 0.3) is 0 Å². The zero-order chi connectivity index (χ0) is 14.8. The lowest BCUT2D eigenvalue weighted by atomic mass is 9.91. The van der Waals surface area contributed by atoms with E-state index in [9.17, 15) is 4.79 Å². The Balaban J connectivity index is 2.20. The van der Waals surface area contributed by atoms with Crippen molar-refractivity contribution in [1.29, 1.82) is 0 Å². The van der Waals surface area contributed by atoms with Crippen LogP contribution in [-0.4, -0.2) is 18.0 Å². The molecule has 20 heavy (non-hydrogen) atoms. The number of thiophene rings is 1. The summed E-state index contributed by atoms with van der Waals surface area (Å²) in [5.41, 5.74) is 1.63. The summed E-state index contributed by atoms with van der Waals surface area (Å²) in [6.07, 6.45) is 1.71. The van der Waals surface area contributed by atoms with Gasteiger partial charge in [0, 0.05) is 23.0 Å². The third-order valence-corrected chi connectivity index (χ3v) is 3.74. The number of methoxy groups -OCH3 is 1. The van der Waals surface area contributed by atoms with Gasteiger partial charge in [-0.25, -0.2) is 0 Å². The Bertz CT molecular complexity index is 614. The summed E-state index contributed by atoms with van der Waals surface area (Å²) < 4.78 is 5.16. The molecule has 0 aliphatic rings. The molecule has 0 aromatic carbocycles. The van der Waals surface area contributed by atoms with Crippen molar-refractivity contribution >= 4 is 22.9 Å². The van der Waals surface area contributed by atoms with Crippen molar-refractivity contribution < 1.29 is 9.53 Å². The average molecular weight is 290 g/mol. The maximum absolute atomic E-state index is 12.2. The largest absolute Gasteiger partial charge is 0.495 e. The fraction of sp³-hybridized carbons (Fsp3) is 0.333. The average Bonchev–Trinajstić information content (AvgIpc) is 2.86. The van der Waals surface area contributed by atoms with E-state index in [1.54, 1.807) is 25.4 Å². The molecule has 0 atom stereocenters. The van der Waals surface area contributed by atoms with Gasteiger partial charge >= 0.3 is 0 Å². The fourth-order valence-electron chi connectivity index (χ4n) is 1.73. The predicted octanol–water partition coefficient (Wildman–Crippen LogP) is 3.70. The molecule has 1 amide bonds. The van der Waals surface area contributed by atoms with Crippen molar-refractivity contribution in [2.24, 2.45) is 0 Å². The van der Waals surface area contributed by atoms with Gasteiger partial charge in [-0.15, -0.1) is 11.3 Å². The highest BCUT2D eigenvalue weighted by molar-refractivity contribution is 7.12. The highest BCUT2D eigenvalue weighted by Crippen LogP contribution is 2.26. The first kappa shape index (κ1) is 14.5. The molecule has 1 N–H and O–H groups in total. The number of nitrogens with zero attached hydrogens (tertiary/aromatic N) is 1. The van der Waals surface area contributed by atoms with Crippen LogP contribution in [0.4, 0.5) is 5.69 Å². The van der Waals surface area contributed by atoms with Gasteiger partial charge in [-0.1, -0.05) is 20.8 Å². The molecule has 2 aromatic heterocycles. The standard InChI is InChI=1S/C15H18N2O2S/c1-15(2,3)12-9-10(5-7-16-12)17-14(18)13-11(19-4)6-8-20-13/h5-9H,1-4H3,(H,16,17,18). The molecule has 2 heterocycles. The van der Waals surface area contributed by atoms with Crippen LogP contribution in [0.3, 0.4) is 0 Å². The number of aromatic nitrogens is 1. The van der Waals surface area contributed by atoms with Crippen molar-refractivity contribution in [1.82, 2.24) is 4.98 Å². The number of ether oxygens (including phenoxy) is 1. The Morgan fingerprint density at radius 1 is 1.35 bits per heavy atom. The van der Waals surface area contributed by atoms with E-state index >= 15 is 0 Å². The van der Waals surface area contributed by atoms with E-state index in [0.717, 1.165) is 11.4 Å². The summed E-state index contributed by atoms with van der Waals surface area (Å²) in [6, 6.07) is 5.47. The molecule has 5 heteroatoms. The maximum atomic E-state index is 12.2. The topological polar surface area (TPSA) is 51.2 Å². The van der Waals surface area contributed by atoms with Gasteiger partial charge in [0.15, 0.2) is 0 Å². The molecule has 4 nitrogen and oxygen atoms in total. The zero-order valence-corrected chi connectivity index (χ0v) is 12.9. The first-order chi connectivity index (χ1) is 9.41. The third kappa shape index (κ3) is 3.17. The summed E-state index contributed by atoms with van der Waals surface area (Å²) in [6.45, 7) is 6.26. The van der Waals surface area contributed by atoms with E-state index < -0.39 is 0 Å². The lowest BCUT2D eigenvalue weighted by Gasteiger charge is -2.18. The van der Waals surface area contributed by atoms with E-state index in [1.807, 2.05) is 11.4 Å². The molecule has 0 aliphatic carbocycles. The third-order valence-electron chi connectivity index (χ3n) is 2.84. The predicted molar refractivity (Wildman–Crippen MR) is 81.8 cm³/mol. The molecule has 106 valence electrons. The van der Waals surface area contributed by atoms with E-state index in [1.165, 1.54) is 11.3 Å². The highest BCUT2D eigenvalue weighted by atomic mass is 32.1. The summed E-state index contributed by atoms with van der Waals surface area (Å²) in [5.74, 6) is 0.431. The van der Waals surface area contributed by atoms with Crippen LogP contribution in [0, 0.1) is 0 Å². The molecule has 0 saturated carbocycles. The van der Waals surface area contributed by atoms with Crippen LogP contribution < -0.4 is 10.1 Å². The van der Waals surface area contributed by atoms with Gasteiger partial charge in [-0.05, 0) is 23.6 Å². The molecule has 2 rings (SSSR count). The molecule has 2 aromatic rings. The zero-order valence-electron chi connectivity index (χ0n) is 12.1. The minimum atomic E-state index is -0.164. The van der Waals surface area contributed by atoms with Crippen molar-refractivity contribution in [3.05, 3.63) is 40.3 Å². The summed E-state index contributed by atoms with van der Waals surface area (Å²) in [5, 5.41) is 4.72. The summed E-state index contributed by atoms with van der Waals surface area (Å²) in [7, 11) is 1.56. The van der Waals surface area contributed by atoms with Gasteiger partial charge in [0.25, 0.3) is 5.91 Å². The number of carbonyl (C=O) groups is 1. The van der Waals surface area contributed by atoms with Crippen LogP contribution in [0.15, 0.2) is 29.8 Å². The van der Waals surface area contributed by atoms with Crippen molar-refractivity contribution in [3.63, 3.8) is 0 Å². The van der Waals surface area contributed by atoms with Crippen molar-refractivity contribution in [2.75, 3.05) is 12.4 Å². The molecule has 0 bridgehead atoms. The molecular formula is C15H18N2O2S. The van der Waals surface area contributed by atoms with Crippen LogP contribution >= 0.6 is 11.3 Å². The molecule has 0 fully saturated rings. The second-order valence-corrected chi connectivity index (χ2v) is 6.37. The molecular weight excluding hydrogens is 272 g/mol. The summed E-state index contributed by atoms with van der Waals surface area (Å²) in [4.78, 5) is 17.1. The Hall–Kier alpha value is -1.88. The lowest BCUT2D eigenvalue weighted by Crippen LogP contribution is -2.15. The number of carbonyl (C=O) groups excluding carboxylic acids is 1. The normalized spacial score (nSPS) is 11.2. The maximum Gasteiger partial charge on any atom is 0.269 e. The SMILES string of the molecule is COc1ccsc1C(=O)Nc1ccnc(C(C)(C)C)c1. The molecule has 0 spiro atoms. The van der Waals surface area contributed by atoms with Gasteiger partial charge in [0.2, 0.25) is 0 Å². The molecule has 0 unspecified atom stereocenters. The van der Waals surface area contributed by atoms with Crippen LogP contribution in [0.2, 0.25) is 0 Å². The summed E-state index contributed by atoms with van der Waals surface area (Å²) >= 11 is 1.36. The van der Waals surface area contributed by atoms with E-state index in [-0.39, 0.29) is 11.3 Å². The molecule has 0 radical (unpaired) electrons. The highest BCUT2D eigenvalue weighted by Gasteiger charge is 2.17. The van der Waals surface area contributed by atoms with Gasteiger partial charge in [0.1, 0.15) is 10.6 Å². The number of nitrogens with one attached hydrogen (secondary N) is 1. The van der Waals surface area contributed by atoms with E-state index in [0.29, 0.717) is 10.6 Å². The molecule has 0 saturated heterocycles. The lowest BCUT2D eigenvalue weighted by molar-refractivity contribution is 0.102. The minimum absolute atomic E-state index is 0.0542. The van der Waals surface area contributed by atoms with Crippen LogP contribution in [-0.2, 0) is 5.41 Å². The van der Waals surface area contributed by atoms with Gasteiger partial charge in [-0.2, -0.15) is 0 Å². The number of hydrogen-bond acceptors (Lipinski definition) is 4. The van der Waals surface area contributed by atoms with Crippen molar-refractivity contribution in [2.45, 2.75) is 26.2 Å².